The Bertz CT molecular complexity index is 569. The van der Waals surface area contributed by atoms with Gasteiger partial charge in [-0.05, 0) is 36.5 Å². The first-order valence-corrected chi connectivity index (χ1v) is 7.53. The van der Waals surface area contributed by atoms with Gasteiger partial charge in [-0.2, -0.15) is 0 Å². The van der Waals surface area contributed by atoms with Gasteiger partial charge >= 0.3 is 5.97 Å². The van der Waals surface area contributed by atoms with E-state index in [9.17, 15) is 14.7 Å². The quantitative estimate of drug-likeness (QED) is 0.879. The first-order chi connectivity index (χ1) is 9.81. The van der Waals surface area contributed by atoms with Gasteiger partial charge in [0.05, 0.1) is 11.3 Å². The molecule has 1 fully saturated rings. The highest BCUT2D eigenvalue weighted by Crippen LogP contribution is 2.41. The van der Waals surface area contributed by atoms with Crippen LogP contribution in [0.3, 0.4) is 0 Å². The van der Waals surface area contributed by atoms with Crippen LogP contribution >= 0.6 is 11.6 Å². The minimum atomic E-state index is -1.08. The number of anilines is 1. The second-order valence-electron chi connectivity index (χ2n) is 6.27. The van der Waals surface area contributed by atoms with Gasteiger partial charge in [-0.3, -0.25) is 4.79 Å². The Balaban J connectivity index is 2.23. The van der Waals surface area contributed by atoms with Gasteiger partial charge in [0.25, 0.3) is 0 Å². The molecule has 1 saturated carbocycles. The molecule has 21 heavy (non-hydrogen) atoms. The van der Waals surface area contributed by atoms with Crippen molar-refractivity contribution >= 4 is 29.2 Å². The predicted octanol–water partition coefficient (Wildman–Crippen LogP) is 4.19. The lowest BCUT2D eigenvalue weighted by Crippen LogP contribution is -2.37. The standard InChI is InChI=1S/C16H20ClNO3/c1-16(2)8-4-3-5-12(16)14(19)18-13-9-10(17)6-7-11(13)15(20)21/h6-7,9,12H,3-5,8H2,1-2H3,(H,18,19)(H,20,21). The molecule has 0 saturated heterocycles. The van der Waals surface area contributed by atoms with Crippen molar-refractivity contribution in [3.05, 3.63) is 28.8 Å². The van der Waals surface area contributed by atoms with Crippen molar-refractivity contribution in [3.8, 4) is 0 Å². The fourth-order valence-electron chi connectivity index (χ4n) is 3.01. The molecule has 0 spiro atoms. The summed E-state index contributed by atoms with van der Waals surface area (Å²) in [5.74, 6) is -1.30. The summed E-state index contributed by atoms with van der Waals surface area (Å²) in [4.78, 5) is 23.7. The molecule has 114 valence electrons. The topological polar surface area (TPSA) is 66.4 Å². The second-order valence-corrected chi connectivity index (χ2v) is 6.71. The number of carbonyl (C=O) groups is 2. The third-order valence-corrected chi connectivity index (χ3v) is 4.53. The highest BCUT2D eigenvalue weighted by Gasteiger charge is 2.37. The van der Waals surface area contributed by atoms with Crippen molar-refractivity contribution < 1.29 is 14.7 Å². The van der Waals surface area contributed by atoms with E-state index in [-0.39, 0.29) is 28.5 Å². The summed E-state index contributed by atoms with van der Waals surface area (Å²) in [5.41, 5.74) is 0.257. The van der Waals surface area contributed by atoms with Crippen molar-refractivity contribution in [2.75, 3.05) is 5.32 Å². The summed E-state index contributed by atoms with van der Waals surface area (Å²) >= 11 is 5.90. The van der Waals surface area contributed by atoms with Gasteiger partial charge in [0.2, 0.25) is 5.91 Å². The summed E-state index contributed by atoms with van der Waals surface area (Å²) in [7, 11) is 0. The van der Waals surface area contributed by atoms with E-state index in [4.69, 9.17) is 11.6 Å². The van der Waals surface area contributed by atoms with Gasteiger partial charge in [0, 0.05) is 10.9 Å². The normalized spacial score (nSPS) is 20.8. The van der Waals surface area contributed by atoms with Crippen LogP contribution in [0.1, 0.15) is 49.9 Å². The number of nitrogens with one attached hydrogen (secondary N) is 1. The minimum Gasteiger partial charge on any atom is -0.478 e. The van der Waals surface area contributed by atoms with Crippen molar-refractivity contribution in [2.24, 2.45) is 11.3 Å². The molecule has 0 radical (unpaired) electrons. The van der Waals surface area contributed by atoms with Crippen molar-refractivity contribution in [2.45, 2.75) is 39.5 Å². The zero-order valence-corrected chi connectivity index (χ0v) is 13.0. The van der Waals surface area contributed by atoms with Crippen LogP contribution < -0.4 is 5.32 Å². The van der Waals surface area contributed by atoms with Gasteiger partial charge in [-0.1, -0.05) is 38.3 Å². The smallest absolute Gasteiger partial charge is 0.337 e. The molecular formula is C16H20ClNO3. The number of amides is 1. The van der Waals surface area contributed by atoms with E-state index >= 15 is 0 Å². The largest absolute Gasteiger partial charge is 0.478 e. The predicted molar refractivity (Wildman–Crippen MR) is 82.8 cm³/mol. The maximum absolute atomic E-state index is 12.5. The number of halogens is 1. The molecule has 0 aliphatic heterocycles. The summed E-state index contributed by atoms with van der Waals surface area (Å²) in [6, 6.07) is 4.40. The van der Waals surface area contributed by atoms with Crippen LogP contribution in [0.2, 0.25) is 5.02 Å². The van der Waals surface area contributed by atoms with Gasteiger partial charge in [-0.25, -0.2) is 4.79 Å². The lowest BCUT2D eigenvalue weighted by molar-refractivity contribution is -0.124. The molecule has 1 atom stereocenters. The Kier molecular flexibility index (Phi) is 4.57. The maximum atomic E-state index is 12.5. The molecule has 5 heteroatoms. The van der Waals surface area contributed by atoms with E-state index in [1.807, 2.05) is 0 Å². The Labute approximate surface area is 129 Å². The van der Waals surface area contributed by atoms with Crippen LogP contribution in [-0.4, -0.2) is 17.0 Å². The molecule has 1 aromatic rings. The van der Waals surface area contributed by atoms with Gasteiger partial charge in [-0.15, -0.1) is 0 Å². The summed E-state index contributed by atoms with van der Waals surface area (Å²) in [5, 5.41) is 12.3. The lowest BCUT2D eigenvalue weighted by atomic mass is 9.68. The molecule has 4 nitrogen and oxygen atoms in total. The molecule has 0 heterocycles. The summed E-state index contributed by atoms with van der Waals surface area (Å²) < 4.78 is 0. The van der Waals surface area contributed by atoms with Crippen LogP contribution in [-0.2, 0) is 4.79 Å². The Hall–Kier alpha value is -1.55. The Morgan fingerprint density at radius 3 is 2.67 bits per heavy atom. The highest BCUT2D eigenvalue weighted by atomic mass is 35.5. The van der Waals surface area contributed by atoms with Crippen LogP contribution in [0.15, 0.2) is 18.2 Å². The lowest BCUT2D eigenvalue weighted by Gasteiger charge is -2.37. The van der Waals surface area contributed by atoms with Gasteiger partial charge < -0.3 is 10.4 Å². The minimum absolute atomic E-state index is 0.0568. The van der Waals surface area contributed by atoms with E-state index in [0.717, 1.165) is 25.7 Å². The first kappa shape index (κ1) is 15.8. The third-order valence-electron chi connectivity index (χ3n) is 4.29. The zero-order chi connectivity index (χ0) is 15.6. The Morgan fingerprint density at radius 1 is 1.33 bits per heavy atom. The average molecular weight is 310 g/mol. The number of rotatable bonds is 3. The molecule has 1 amide bonds. The van der Waals surface area contributed by atoms with E-state index in [2.05, 4.69) is 19.2 Å². The molecule has 2 rings (SSSR count). The van der Waals surface area contributed by atoms with Gasteiger partial charge in [0.1, 0.15) is 0 Å². The number of carboxylic acids is 1. The second kappa shape index (κ2) is 6.06. The number of hydrogen-bond acceptors (Lipinski definition) is 2. The fourth-order valence-corrected chi connectivity index (χ4v) is 3.18. The molecule has 1 aliphatic rings. The first-order valence-electron chi connectivity index (χ1n) is 7.15. The van der Waals surface area contributed by atoms with E-state index in [0.29, 0.717) is 5.02 Å². The molecular weight excluding hydrogens is 290 g/mol. The highest BCUT2D eigenvalue weighted by molar-refractivity contribution is 6.31. The molecule has 1 aromatic carbocycles. The number of benzene rings is 1. The maximum Gasteiger partial charge on any atom is 0.337 e. The Morgan fingerprint density at radius 2 is 2.05 bits per heavy atom. The molecule has 2 N–H and O–H groups in total. The number of hydrogen-bond donors (Lipinski definition) is 2. The van der Waals surface area contributed by atoms with Crippen LogP contribution in [0.4, 0.5) is 5.69 Å². The number of carbonyl (C=O) groups excluding carboxylic acids is 1. The monoisotopic (exact) mass is 309 g/mol. The van der Waals surface area contributed by atoms with E-state index < -0.39 is 5.97 Å². The van der Waals surface area contributed by atoms with Crippen LogP contribution in [0, 0.1) is 11.3 Å². The van der Waals surface area contributed by atoms with E-state index in [1.165, 1.54) is 18.2 Å². The number of carboxylic acid groups (broad SMARTS) is 1. The average Bonchev–Trinajstić information content (AvgIpc) is 2.37. The van der Waals surface area contributed by atoms with Crippen molar-refractivity contribution in [3.63, 3.8) is 0 Å². The molecule has 1 unspecified atom stereocenters. The zero-order valence-electron chi connectivity index (χ0n) is 12.3. The third kappa shape index (κ3) is 3.56. The number of aromatic carboxylic acids is 1. The molecule has 1 aliphatic carbocycles. The molecule has 0 bridgehead atoms. The van der Waals surface area contributed by atoms with Crippen LogP contribution in [0.5, 0.6) is 0 Å². The van der Waals surface area contributed by atoms with E-state index in [1.54, 1.807) is 0 Å². The van der Waals surface area contributed by atoms with Crippen molar-refractivity contribution in [1.29, 1.82) is 0 Å². The fraction of sp³-hybridized carbons (Fsp3) is 0.500. The SMILES string of the molecule is CC1(C)CCCCC1C(=O)Nc1cc(Cl)ccc1C(=O)O. The summed E-state index contributed by atoms with van der Waals surface area (Å²) in [6.45, 7) is 4.18. The van der Waals surface area contributed by atoms with Crippen LogP contribution in [0.25, 0.3) is 0 Å². The molecule has 0 aromatic heterocycles. The van der Waals surface area contributed by atoms with Gasteiger partial charge in [0.15, 0.2) is 0 Å². The summed E-state index contributed by atoms with van der Waals surface area (Å²) in [6.07, 6.45) is 4.01. The van der Waals surface area contributed by atoms with Crippen molar-refractivity contribution in [1.82, 2.24) is 0 Å².